The van der Waals surface area contributed by atoms with Gasteiger partial charge in [0.2, 0.25) is 0 Å². The minimum absolute atomic E-state index is 0.119. The van der Waals surface area contributed by atoms with E-state index in [9.17, 15) is 8.78 Å². The molecule has 1 saturated carbocycles. The van der Waals surface area contributed by atoms with Gasteiger partial charge in [0.1, 0.15) is 17.7 Å². The number of hydrogen-bond acceptors (Lipinski definition) is 6. The maximum Gasteiger partial charge on any atom is 0.290 e. The van der Waals surface area contributed by atoms with Crippen LogP contribution in [0.25, 0.3) is 11.9 Å². The Hall–Kier alpha value is -3.25. The van der Waals surface area contributed by atoms with Gasteiger partial charge in [-0.3, -0.25) is 14.8 Å². The SMILES string of the molecule is N#Cc1ccc(/C(F)=C/c2ccc(F)c(C3N=C(N)SC4CC43)c2)nc1.O=CO. The number of pyridine rings is 1. The Kier molecular flexibility index (Phi) is 6.24. The summed E-state index contributed by atoms with van der Waals surface area (Å²) in [5, 5.41) is 16.5. The summed E-state index contributed by atoms with van der Waals surface area (Å²) in [7, 11) is 0. The van der Waals surface area contributed by atoms with Crippen molar-refractivity contribution in [3.8, 4) is 6.07 Å². The highest BCUT2D eigenvalue weighted by atomic mass is 32.2. The summed E-state index contributed by atoms with van der Waals surface area (Å²) < 4.78 is 28.8. The number of nitrogens with zero attached hydrogens (tertiary/aromatic N) is 3. The second-order valence-corrected chi connectivity index (χ2v) is 7.65. The Bertz CT molecular complexity index is 1020. The van der Waals surface area contributed by atoms with Crippen molar-refractivity contribution in [2.45, 2.75) is 17.7 Å². The number of thioether (sulfide) groups is 1. The Labute approximate surface area is 169 Å². The summed E-state index contributed by atoms with van der Waals surface area (Å²) in [6.45, 7) is -0.250. The molecule has 1 aliphatic carbocycles. The predicted octanol–water partition coefficient (Wildman–Crippen LogP) is 3.75. The average molecular weight is 414 g/mol. The fraction of sp³-hybridized carbons (Fsp3) is 0.200. The monoisotopic (exact) mass is 414 g/mol. The zero-order valence-electron chi connectivity index (χ0n) is 15.0. The lowest BCUT2D eigenvalue weighted by Gasteiger charge is -2.19. The smallest absolute Gasteiger partial charge is 0.290 e. The number of rotatable bonds is 3. The molecule has 0 spiro atoms. The molecule has 1 aromatic carbocycles. The maximum absolute atomic E-state index is 14.4. The summed E-state index contributed by atoms with van der Waals surface area (Å²) >= 11 is 1.54. The van der Waals surface area contributed by atoms with E-state index in [-0.39, 0.29) is 29.9 Å². The fourth-order valence-corrected chi connectivity index (χ4v) is 4.20. The van der Waals surface area contributed by atoms with Crippen LogP contribution in [0, 0.1) is 23.1 Å². The number of nitrogens with two attached hydrogens (primary N) is 1. The van der Waals surface area contributed by atoms with Crippen LogP contribution in [0.2, 0.25) is 0 Å². The first-order chi connectivity index (χ1) is 14.0. The number of aliphatic imine (C=N–C) groups is 1. The van der Waals surface area contributed by atoms with Crippen LogP contribution in [0.4, 0.5) is 8.78 Å². The third-order valence-corrected chi connectivity index (χ3v) is 5.68. The molecule has 0 radical (unpaired) electrons. The number of nitriles is 1. The van der Waals surface area contributed by atoms with Crippen molar-refractivity contribution < 1.29 is 18.7 Å². The zero-order valence-corrected chi connectivity index (χ0v) is 15.8. The van der Waals surface area contributed by atoms with Crippen LogP contribution >= 0.6 is 11.8 Å². The number of fused-ring (bicyclic) bond motifs is 1. The van der Waals surface area contributed by atoms with E-state index in [4.69, 9.17) is 20.9 Å². The van der Waals surface area contributed by atoms with Crippen molar-refractivity contribution in [1.29, 1.82) is 5.26 Å². The fourth-order valence-electron chi connectivity index (χ4n) is 3.08. The molecule has 1 aromatic heterocycles. The van der Waals surface area contributed by atoms with Crippen molar-refractivity contribution in [1.82, 2.24) is 4.98 Å². The topological polar surface area (TPSA) is 112 Å². The van der Waals surface area contributed by atoms with Gasteiger partial charge in [0.25, 0.3) is 6.47 Å². The van der Waals surface area contributed by atoms with E-state index in [2.05, 4.69) is 9.98 Å². The van der Waals surface area contributed by atoms with Crippen molar-refractivity contribution in [3.05, 3.63) is 64.7 Å². The molecule has 2 aliphatic rings. The second-order valence-electron chi connectivity index (χ2n) is 6.39. The molecule has 1 aliphatic heterocycles. The molecule has 3 atom stereocenters. The quantitative estimate of drug-likeness (QED) is 0.740. The number of carbonyl (C=O) groups is 1. The van der Waals surface area contributed by atoms with Crippen LogP contribution in [-0.4, -0.2) is 27.0 Å². The number of amidine groups is 1. The van der Waals surface area contributed by atoms with Gasteiger partial charge in [-0.15, -0.1) is 0 Å². The molecular weight excluding hydrogens is 398 g/mol. The number of carboxylic acid groups (broad SMARTS) is 1. The summed E-state index contributed by atoms with van der Waals surface area (Å²) in [6.07, 6.45) is 3.57. The minimum Gasteiger partial charge on any atom is -0.483 e. The Morgan fingerprint density at radius 2 is 2.14 bits per heavy atom. The molecule has 29 heavy (non-hydrogen) atoms. The summed E-state index contributed by atoms with van der Waals surface area (Å²) in [5.41, 5.74) is 7.27. The molecule has 0 amide bonds. The average Bonchev–Trinajstić information content (AvgIpc) is 3.49. The highest BCUT2D eigenvalue weighted by Gasteiger charge is 2.48. The summed E-state index contributed by atoms with van der Waals surface area (Å²) in [4.78, 5) is 16.7. The molecule has 2 aromatic rings. The molecule has 6 nitrogen and oxygen atoms in total. The van der Waals surface area contributed by atoms with Crippen LogP contribution in [-0.2, 0) is 4.79 Å². The first kappa shape index (κ1) is 20.5. The lowest BCUT2D eigenvalue weighted by molar-refractivity contribution is -0.122. The van der Waals surface area contributed by atoms with E-state index < -0.39 is 5.83 Å². The lowest BCUT2D eigenvalue weighted by Crippen LogP contribution is -2.17. The van der Waals surface area contributed by atoms with E-state index in [1.165, 1.54) is 48.3 Å². The van der Waals surface area contributed by atoms with E-state index in [0.717, 1.165) is 6.42 Å². The van der Waals surface area contributed by atoms with Gasteiger partial charge in [0.05, 0.1) is 17.3 Å². The van der Waals surface area contributed by atoms with Crippen molar-refractivity contribution in [2.24, 2.45) is 16.6 Å². The van der Waals surface area contributed by atoms with Crippen LogP contribution in [0.1, 0.15) is 34.8 Å². The molecule has 148 valence electrons. The molecule has 3 unspecified atom stereocenters. The van der Waals surface area contributed by atoms with E-state index in [0.29, 0.717) is 27.1 Å². The number of halogens is 2. The molecule has 0 saturated heterocycles. The van der Waals surface area contributed by atoms with Crippen LogP contribution in [0.3, 0.4) is 0 Å². The normalized spacial score (nSPS) is 22.3. The molecule has 9 heteroatoms. The van der Waals surface area contributed by atoms with E-state index in [1.54, 1.807) is 6.07 Å². The third kappa shape index (κ3) is 4.78. The van der Waals surface area contributed by atoms with Crippen LogP contribution in [0.5, 0.6) is 0 Å². The van der Waals surface area contributed by atoms with Gasteiger partial charge >= 0.3 is 0 Å². The Balaban J connectivity index is 0.000000755. The molecule has 1 fully saturated rings. The van der Waals surface area contributed by atoms with Gasteiger partial charge in [-0.1, -0.05) is 17.8 Å². The van der Waals surface area contributed by atoms with Crippen molar-refractivity contribution >= 4 is 35.3 Å². The van der Waals surface area contributed by atoms with E-state index >= 15 is 0 Å². The first-order valence-corrected chi connectivity index (χ1v) is 9.45. The largest absolute Gasteiger partial charge is 0.483 e. The highest BCUT2D eigenvalue weighted by Crippen LogP contribution is 2.54. The highest BCUT2D eigenvalue weighted by molar-refractivity contribution is 8.14. The summed E-state index contributed by atoms with van der Waals surface area (Å²) in [6, 6.07) is 9.01. The van der Waals surface area contributed by atoms with Gasteiger partial charge in [-0.25, -0.2) is 8.78 Å². The number of hydrogen-bond donors (Lipinski definition) is 2. The molecule has 3 N–H and O–H groups in total. The standard InChI is InChI=1S/C19H14F2N4S.CH2O2/c20-14-3-1-10(6-15(21)16-4-2-11(8-22)9-24-16)5-12(14)18-13-7-17(13)26-19(23)25-18;2-1-3/h1-6,9,13,17-18H,7H2,(H2,23,25);1H,(H,2,3)/b15-6-;. The zero-order chi connectivity index (χ0) is 21.0. The number of aromatic nitrogens is 1. The lowest BCUT2D eigenvalue weighted by atomic mass is 9.99. The van der Waals surface area contributed by atoms with Gasteiger partial charge in [-0.05, 0) is 48.2 Å². The van der Waals surface area contributed by atoms with Crippen molar-refractivity contribution in [2.75, 3.05) is 0 Å². The van der Waals surface area contributed by atoms with Crippen molar-refractivity contribution in [3.63, 3.8) is 0 Å². The van der Waals surface area contributed by atoms with E-state index in [1.807, 2.05) is 6.07 Å². The Morgan fingerprint density at radius 3 is 2.79 bits per heavy atom. The molecular formula is C20H16F2N4O2S. The first-order valence-electron chi connectivity index (χ1n) is 8.57. The predicted molar refractivity (Wildman–Crippen MR) is 107 cm³/mol. The minimum atomic E-state index is -0.557. The van der Waals surface area contributed by atoms with Crippen LogP contribution in [0.15, 0.2) is 41.5 Å². The maximum atomic E-state index is 14.4. The van der Waals surface area contributed by atoms with Gasteiger partial charge in [0.15, 0.2) is 5.17 Å². The van der Waals surface area contributed by atoms with Crippen LogP contribution < -0.4 is 5.73 Å². The van der Waals surface area contributed by atoms with Gasteiger partial charge in [-0.2, -0.15) is 5.26 Å². The molecule has 0 bridgehead atoms. The molecule has 2 heterocycles. The Morgan fingerprint density at radius 1 is 1.38 bits per heavy atom. The second kappa shape index (κ2) is 8.84. The number of benzene rings is 1. The summed E-state index contributed by atoms with van der Waals surface area (Å²) in [5.74, 6) is -0.636. The molecule has 4 rings (SSSR count). The third-order valence-electron chi connectivity index (χ3n) is 4.49. The van der Waals surface area contributed by atoms with Gasteiger partial charge < -0.3 is 10.8 Å². The van der Waals surface area contributed by atoms with Gasteiger partial charge in [0, 0.05) is 17.0 Å².